The van der Waals surface area contributed by atoms with Crippen LogP contribution in [-0.2, 0) is 4.79 Å². The molecule has 0 bridgehead atoms. The van der Waals surface area contributed by atoms with Crippen LogP contribution in [0.3, 0.4) is 0 Å². The zero-order chi connectivity index (χ0) is 22.4. The molecule has 3 atom stereocenters. The first kappa shape index (κ1) is 22.9. The second kappa shape index (κ2) is 10.5. The highest BCUT2D eigenvalue weighted by Gasteiger charge is 2.34. The molecule has 164 valence electrons. The molecule has 1 saturated carbocycles. The van der Waals surface area contributed by atoms with Crippen LogP contribution in [-0.4, -0.2) is 57.2 Å². The van der Waals surface area contributed by atoms with Crippen LogP contribution in [0.4, 0.5) is 0 Å². The van der Waals surface area contributed by atoms with Gasteiger partial charge in [0.05, 0.1) is 17.7 Å². The number of pyridine rings is 1. The molecular weight excluding hydrogens is 397 g/mol. The Kier molecular flexibility index (Phi) is 7.78. The molecule has 2 aromatic rings. The van der Waals surface area contributed by atoms with E-state index in [1.807, 2.05) is 30.3 Å². The molecule has 0 radical (unpaired) electrons. The number of carbonyl (C=O) groups excluding carboxylic acids is 2. The fourth-order valence-corrected chi connectivity index (χ4v) is 3.57. The van der Waals surface area contributed by atoms with Crippen molar-refractivity contribution >= 4 is 18.9 Å². The number of nitrogens with one attached hydrogen (secondary N) is 2. The molecule has 5 N–H and O–H groups in total. The van der Waals surface area contributed by atoms with Crippen LogP contribution in [0.1, 0.15) is 43.1 Å². The molecule has 31 heavy (non-hydrogen) atoms. The molecule has 1 aromatic carbocycles. The van der Waals surface area contributed by atoms with Crippen LogP contribution in [0.15, 0.2) is 48.5 Å². The van der Waals surface area contributed by atoms with Crippen LogP contribution in [0, 0.1) is 5.92 Å². The predicted octanol–water partition coefficient (Wildman–Crippen LogP) is 0.915. The monoisotopic (exact) mass is 425 g/mol. The first-order valence-corrected chi connectivity index (χ1v) is 10.5. The highest BCUT2D eigenvalue weighted by molar-refractivity contribution is 6.43. The van der Waals surface area contributed by atoms with E-state index in [1.165, 1.54) is 13.0 Å². The van der Waals surface area contributed by atoms with Crippen molar-refractivity contribution in [2.75, 3.05) is 0 Å². The minimum Gasteiger partial charge on any atom is -0.426 e. The van der Waals surface area contributed by atoms with Gasteiger partial charge < -0.3 is 25.8 Å². The zero-order valence-electron chi connectivity index (χ0n) is 17.4. The third-order valence-electron chi connectivity index (χ3n) is 5.60. The van der Waals surface area contributed by atoms with E-state index in [0.29, 0.717) is 18.0 Å². The first-order valence-electron chi connectivity index (χ1n) is 10.5. The summed E-state index contributed by atoms with van der Waals surface area (Å²) in [5.41, 5.74) is 1.56. The van der Waals surface area contributed by atoms with Crippen molar-refractivity contribution in [2.24, 2.45) is 5.92 Å². The average Bonchev–Trinajstić information content (AvgIpc) is 2.73. The molecule has 9 heteroatoms. The Bertz CT molecular complexity index is 890. The van der Waals surface area contributed by atoms with E-state index >= 15 is 0 Å². The molecular formula is C22H28BN3O5. The van der Waals surface area contributed by atoms with E-state index in [1.54, 1.807) is 12.1 Å². The summed E-state index contributed by atoms with van der Waals surface area (Å²) in [4.78, 5) is 29.8. The number of carbonyl (C=O) groups is 2. The minimum absolute atomic E-state index is 0.105. The van der Waals surface area contributed by atoms with Crippen LogP contribution in [0.2, 0.25) is 0 Å². The van der Waals surface area contributed by atoms with E-state index in [0.717, 1.165) is 24.8 Å². The van der Waals surface area contributed by atoms with Gasteiger partial charge in [0.1, 0.15) is 11.7 Å². The summed E-state index contributed by atoms with van der Waals surface area (Å²) in [7, 11) is -1.72. The third kappa shape index (κ3) is 6.13. The quantitative estimate of drug-likeness (QED) is 0.380. The van der Waals surface area contributed by atoms with Crippen molar-refractivity contribution < 1.29 is 24.7 Å². The largest absolute Gasteiger partial charge is 0.475 e. The summed E-state index contributed by atoms with van der Waals surface area (Å²) < 4.78 is 0. The Morgan fingerprint density at radius 1 is 1.10 bits per heavy atom. The van der Waals surface area contributed by atoms with Crippen molar-refractivity contribution in [3.05, 3.63) is 54.2 Å². The van der Waals surface area contributed by atoms with Gasteiger partial charge in [-0.1, -0.05) is 55.7 Å². The molecule has 1 aromatic heterocycles. The van der Waals surface area contributed by atoms with Crippen LogP contribution < -0.4 is 10.6 Å². The summed E-state index contributed by atoms with van der Waals surface area (Å²) in [6.45, 7) is 1.38. The minimum atomic E-state index is -1.72. The third-order valence-corrected chi connectivity index (χ3v) is 5.60. The summed E-state index contributed by atoms with van der Waals surface area (Å²) in [5, 5.41) is 34.4. The van der Waals surface area contributed by atoms with Crippen LogP contribution in [0.5, 0.6) is 0 Å². The lowest BCUT2D eigenvalue weighted by Gasteiger charge is -2.31. The smallest absolute Gasteiger partial charge is 0.426 e. The number of rotatable bonds is 9. The van der Waals surface area contributed by atoms with E-state index in [9.17, 15) is 24.7 Å². The number of hydrogen-bond donors (Lipinski definition) is 5. The number of nitrogens with zero attached hydrogens (tertiary/aromatic N) is 1. The first-order chi connectivity index (χ1) is 14.8. The van der Waals surface area contributed by atoms with Gasteiger partial charge in [-0.2, -0.15) is 0 Å². The highest BCUT2D eigenvalue weighted by Crippen LogP contribution is 2.30. The summed E-state index contributed by atoms with van der Waals surface area (Å²) in [5.74, 6) is -1.83. The lowest BCUT2D eigenvalue weighted by atomic mass is 9.69. The van der Waals surface area contributed by atoms with Gasteiger partial charge in [-0.25, -0.2) is 4.98 Å². The number of aromatic nitrogens is 1. The molecule has 8 nitrogen and oxygen atoms in total. The van der Waals surface area contributed by atoms with Gasteiger partial charge in [-0.05, 0) is 31.4 Å². The topological polar surface area (TPSA) is 132 Å². The Labute approximate surface area is 181 Å². The molecule has 1 aliphatic rings. The molecule has 1 fully saturated rings. The summed E-state index contributed by atoms with van der Waals surface area (Å²) >= 11 is 0. The maximum Gasteiger partial charge on any atom is 0.475 e. The maximum atomic E-state index is 12.7. The Hall–Kier alpha value is -2.75. The van der Waals surface area contributed by atoms with E-state index in [-0.39, 0.29) is 5.69 Å². The summed E-state index contributed by atoms with van der Waals surface area (Å²) in [6.07, 6.45) is 2.30. The molecule has 3 rings (SSSR count). The number of benzene rings is 1. The van der Waals surface area contributed by atoms with Gasteiger partial charge in [0.15, 0.2) is 0 Å². The van der Waals surface area contributed by atoms with Crippen molar-refractivity contribution in [1.82, 2.24) is 15.6 Å². The lowest BCUT2D eigenvalue weighted by Crippen LogP contribution is -2.57. The SMILES string of the molecule is C[C@H](O)[C@H](NC(=O)c1cccc(-c2ccccc2)n1)C(=O)N[C@@H](CC1CCC1)B(O)O. The second-order valence-corrected chi connectivity index (χ2v) is 8.03. The number of hydrogen-bond acceptors (Lipinski definition) is 6. The maximum absolute atomic E-state index is 12.7. The van der Waals surface area contributed by atoms with Gasteiger partial charge in [-0.3, -0.25) is 9.59 Å². The Morgan fingerprint density at radius 2 is 1.81 bits per heavy atom. The van der Waals surface area contributed by atoms with Crippen LogP contribution >= 0.6 is 0 Å². The van der Waals surface area contributed by atoms with Gasteiger partial charge >= 0.3 is 7.12 Å². The second-order valence-electron chi connectivity index (χ2n) is 8.03. The molecule has 1 heterocycles. The molecule has 0 spiro atoms. The van der Waals surface area contributed by atoms with Crippen LogP contribution in [0.25, 0.3) is 11.3 Å². The fourth-order valence-electron chi connectivity index (χ4n) is 3.57. The van der Waals surface area contributed by atoms with E-state index in [4.69, 9.17) is 0 Å². The Morgan fingerprint density at radius 3 is 2.39 bits per heavy atom. The zero-order valence-corrected chi connectivity index (χ0v) is 17.4. The predicted molar refractivity (Wildman–Crippen MR) is 117 cm³/mol. The normalized spacial score (nSPS) is 16.5. The molecule has 0 saturated heterocycles. The standard InChI is InChI=1S/C22H28BN3O5/c1-14(27)20(22(29)25-19(23(30)31)13-15-7-5-8-15)26-21(28)18-12-6-11-17(24-18)16-9-3-2-4-10-16/h2-4,6,9-12,14-15,19-20,27,30-31H,5,7-8,13H2,1H3,(H,25,29)(H,26,28)/t14-,19-,20-/m0/s1. The molecule has 2 amide bonds. The van der Waals surface area contributed by atoms with Crippen molar-refractivity contribution in [1.29, 1.82) is 0 Å². The van der Waals surface area contributed by atoms with Crippen molar-refractivity contribution in [3.8, 4) is 11.3 Å². The highest BCUT2D eigenvalue weighted by atomic mass is 16.4. The Balaban J connectivity index is 1.69. The van der Waals surface area contributed by atoms with Gasteiger partial charge in [-0.15, -0.1) is 0 Å². The van der Waals surface area contributed by atoms with Gasteiger partial charge in [0, 0.05) is 5.56 Å². The fraction of sp³-hybridized carbons (Fsp3) is 0.409. The van der Waals surface area contributed by atoms with Crippen molar-refractivity contribution in [2.45, 2.75) is 50.7 Å². The van der Waals surface area contributed by atoms with E-state index in [2.05, 4.69) is 15.6 Å². The molecule has 1 aliphatic carbocycles. The lowest BCUT2D eigenvalue weighted by molar-refractivity contribution is -0.125. The number of aliphatic hydroxyl groups is 1. The number of aliphatic hydroxyl groups excluding tert-OH is 1. The van der Waals surface area contributed by atoms with E-state index < -0.39 is 37.0 Å². The van der Waals surface area contributed by atoms with Gasteiger partial charge in [0.25, 0.3) is 5.91 Å². The average molecular weight is 425 g/mol. The molecule has 0 aliphatic heterocycles. The summed E-state index contributed by atoms with van der Waals surface area (Å²) in [6, 6.07) is 13.1. The molecule has 0 unspecified atom stereocenters. The van der Waals surface area contributed by atoms with Crippen molar-refractivity contribution in [3.63, 3.8) is 0 Å². The number of amides is 2. The van der Waals surface area contributed by atoms with Gasteiger partial charge in [0.2, 0.25) is 5.91 Å².